The Morgan fingerprint density at radius 3 is 1.38 bits per heavy atom. The van der Waals surface area contributed by atoms with E-state index < -0.39 is 9.84 Å². The summed E-state index contributed by atoms with van der Waals surface area (Å²) < 4.78 is 43.9. The highest BCUT2D eigenvalue weighted by atomic mass is 32.2. The second kappa shape index (κ2) is 9.28. The number of hydrogen-bond donors (Lipinski definition) is 0. The molecule has 0 saturated carbocycles. The van der Waals surface area contributed by atoms with E-state index >= 15 is 0 Å². The number of ether oxygens (including phenoxy) is 3. The van der Waals surface area contributed by atoms with Crippen LogP contribution in [0.15, 0.2) is 119 Å². The van der Waals surface area contributed by atoms with Crippen LogP contribution in [0.1, 0.15) is 45.2 Å². The highest BCUT2D eigenvalue weighted by Crippen LogP contribution is 2.60. The molecule has 0 unspecified atom stereocenters. The van der Waals surface area contributed by atoms with Gasteiger partial charge in [-0.25, -0.2) is 8.42 Å². The molecule has 0 aromatic heterocycles. The van der Waals surface area contributed by atoms with Gasteiger partial charge in [0.2, 0.25) is 9.84 Å². The lowest BCUT2D eigenvalue weighted by atomic mass is 9.60. The van der Waals surface area contributed by atoms with Crippen LogP contribution in [0.4, 0.5) is 0 Å². The smallest absolute Gasteiger partial charge is 0.206 e. The number of methoxy groups -OCH3 is 2. The summed E-state index contributed by atoms with van der Waals surface area (Å²) in [5, 5.41) is 0. The second-order valence-electron chi connectivity index (χ2n) is 9.97. The molecule has 0 fully saturated rings. The fourth-order valence-corrected chi connectivity index (χ4v) is 7.46. The summed E-state index contributed by atoms with van der Waals surface area (Å²) in [7, 11) is -0.425. The molecule has 198 valence electrons. The molecule has 3 aliphatic rings. The van der Waals surface area contributed by atoms with Crippen molar-refractivity contribution in [2.24, 2.45) is 0 Å². The zero-order valence-electron chi connectivity index (χ0n) is 22.0. The minimum Gasteiger partial charge on any atom is -0.497 e. The van der Waals surface area contributed by atoms with Crippen LogP contribution in [0.25, 0.3) is 0 Å². The standard InChI is InChI=1S/C34H26O5S/c1-37-21-11-15-23(16-12-21)40(35,36)24-17-13-22(14-18-24)39-30-20-19-29(38-2)33-31-25-7-3-5-9-27(25)32(34(30)33)28-10-6-4-8-26(28)31/h3-20,31-32H,1-2H3. The fraction of sp³-hybridized carbons (Fsp3) is 0.118. The van der Waals surface area contributed by atoms with Crippen molar-refractivity contribution in [3.63, 3.8) is 0 Å². The molecule has 0 amide bonds. The lowest BCUT2D eigenvalue weighted by Gasteiger charge is -2.43. The van der Waals surface area contributed by atoms with Crippen molar-refractivity contribution in [2.45, 2.75) is 21.6 Å². The largest absolute Gasteiger partial charge is 0.497 e. The Kier molecular flexibility index (Phi) is 5.68. The number of hydrogen-bond acceptors (Lipinski definition) is 5. The molecule has 0 N–H and O–H groups in total. The molecule has 2 bridgehead atoms. The van der Waals surface area contributed by atoms with E-state index in [1.54, 1.807) is 62.8 Å². The topological polar surface area (TPSA) is 61.8 Å². The summed E-state index contributed by atoms with van der Waals surface area (Å²) in [5.41, 5.74) is 7.36. The van der Waals surface area contributed by atoms with Crippen LogP contribution in [0.2, 0.25) is 0 Å². The molecule has 0 atom stereocenters. The summed E-state index contributed by atoms with van der Waals surface area (Å²) in [6, 6.07) is 34.1. The summed E-state index contributed by atoms with van der Waals surface area (Å²) in [6.07, 6.45) is 0. The maximum atomic E-state index is 13.2. The second-order valence-corrected chi connectivity index (χ2v) is 11.9. The average molecular weight is 547 g/mol. The average Bonchev–Trinajstić information content (AvgIpc) is 3.01. The van der Waals surface area contributed by atoms with Crippen molar-refractivity contribution >= 4 is 9.84 Å². The first kappa shape index (κ1) is 24.5. The molecular formula is C34H26O5S. The minimum atomic E-state index is -3.68. The first-order valence-corrected chi connectivity index (χ1v) is 14.5. The zero-order valence-corrected chi connectivity index (χ0v) is 22.8. The first-order valence-electron chi connectivity index (χ1n) is 13.1. The van der Waals surface area contributed by atoms with Crippen LogP contribution in [0.5, 0.6) is 23.0 Å². The maximum absolute atomic E-state index is 13.2. The predicted molar refractivity (Wildman–Crippen MR) is 153 cm³/mol. The number of benzene rings is 5. The molecule has 5 aromatic carbocycles. The molecule has 0 saturated heterocycles. The van der Waals surface area contributed by atoms with E-state index in [0.717, 1.165) is 22.6 Å². The SMILES string of the molecule is COc1ccc(S(=O)(=O)c2ccc(Oc3ccc(OC)c4c3C3c5ccccc5C4c4ccccc43)cc2)cc1. The van der Waals surface area contributed by atoms with Crippen LogP contribution in [0, 0.1) is 0 Å². The third-order valence-corrected chi connectivity index (χ3v) is 9.76. The summed E-state index contributed by atoms with van der Waals surface area (Å²) >= 11 is 0. The van der Waals surface area contributed by atoms with E-state index in [9.17, 15) is 8.42 Å². The van der Waals surface area contributed by atoms with Crippen LogP contribution in [-0.2, 0) is 9.84 Å². The van der Waals surface area contributed by atoms with Crippen molar-refractivity contribution in [1.29, 1.82) is 0 Å². The van der Waals surface area contributed by atoms with Gasteiger partial charge < -0.3 is 14.2 Å². The van der Waals surface area contributed by atoms with Crippen molar-refractivity contribution < 1.29 is 22.6 Å². The monoisotopic (exact) mass is 546 g/mol. The predicted octanol–water partition coefficient (Wildman–Crippen LogP) is 7.32. The third-order valence-electron chi connectivity index (χ3n) is 7.97. The molecule has 6 heteroatoms. The number of sulfone groups is 1. The molecular weight excluding hydrogens is 520 g/mol. The summed E-state index contributed by atoms with van der Waals surface area (Å²) in [5.74, 6) is 2.78. The van der Waals surface area contributed by atoms with Crippen LogP contribution in [0.3, 0.4) is 0 Å². The van der Waals surface area contributed by atoms with Crippen molar-refractivity contribution in [2.75, 3.05) is 14.2 Å². The quantitative estimate of drug-likeness (QED) is 0.219. The number of rotatable bonds is 6. The Labute approximate surface area is 233 Å². The Morgan fingerprint density at radius 1 is 0.500 bits per heavy atom. The molecule has 5 nitrogen and oxygen atoms in total. The molecule has 0 aliphatic heterocycles. The molecule has 5 aromatic rings. The molecule has 3 aliphatic carbocycles. The fourth-order valence-electron chi connectivity index (χ4n) is 6.19. The van der Waals surface area contributed by atoms with Gasteiger partial charge in [0.15, 0.2) is 0 Å². The van der Waals surface area contributed by atoms with Gasteiger partial charge in [0, 0.05) is 23.0 Å². The van der Waals surface area contributed by atoms with Crippen LogP contribution >= 0.6 is 0 Å². The lowest BCUT2D eigenvalue weighted by Crippen LogP contribution is -2.28. The Hall–Kier alpha value is -4.55. The van der Waals surface area contributed by atoms with Crippen molar-refractivity contribution in [3.8, 4) is 23.0 Å². The molecule has 0 radical (unpaired) electrons. The van der Waals surface area contributed by atoms with Gasteiger partial charge in [-0.3, -0.25) is 0 Å². The van der Waals surface area contributed by atoms with E-state index in [-0.39, 0.29) is 21.6 Å². The Bertz CT molecular complexity index is 1810. The van der Waals surface area contributed by atoms with Crippen molar-refractivity contribution in [1.82, 2.24) is 0 Å². The van der Waals surface area contributed by atoms with E-state index in [4.69, 9.17) is 14.2 Å². The van der Waals surface area contributed by atoms with E-state index in [0.29, 0.717) is 11.5 Å². The van der Waals surface area contributed by atoms with E-state index in [1.165, 1.54) is 22.3 Å². The minimum absolute atomic E-state index is 0.00669. The van der Waals surface area contributed by atoms with Gasteiger partial charge in [0.1, 0.15) is 23.0 Å². The third kappa shape index (κ3) is 3.63. The van der Waals surface area contributed by atoms with Gasteiger partial charge in [0.05, 0.1) is 24.0 Å². The molecule has 8 rings (SSSR count). The lowest BCUT2D eigenvalue weighted by molar-refractivity contribution is 0.402. The van der Waals surface area contributed by atoms with Gasteiger partial charge in [-0.1, -0.05) is 48.5 Å². The van der Waals surface area contributed by atoms with Crippen LogP contribution in [-0.4, -0.2) is 22.6 Å². The molecule has 0 spiro atoms. The van der Waals surface area contributed by atoms with Gasteiger partial charge in [0.25, 0.3) is 0 Å². The Morgan fingerprint density at radius 2 is 0.925 bits per heavy atom. The molecule has 40 heavy (non-hydrogen) atoms. The first-order chi connectivity index (χ1) is 19.5. The van der Waals surface area contributed by atoms with E-state index in [2.05, 4.69) is 48.5 Å². The highest BCUT2D eigenvalue weighted by molar-refractivity contribution is 7.91. The summed E-state index contributed by atoms with van der Waals surface area (Å²) in [6.45, 7) is 0. The van der Waals surface area contributed by atoms with Gasteiger partial charge >= 0.3 is 0 Å². The van der Waals surface area contributed by atoms with Crippen molar-refractivity contribution in [3.05, 3.63) is 143 Å². The highest BCUT2D eigenvalue weighted by Gasteiger charge is 2.44. The van der Waals surface area contributed by atoms with Gasteiger partial charge in [-0.2, -0.15) is 0 Å². The van der Waals surface area contributed by atoms with Gasteiger partial charge in [-0.05, 0) is 82.9 Å². The summed E-state index contributed by atoms with van der Waals surface area (Å²) in [4.78, 5) is 0.406. The van der Waals surface area contributed by atoms with Gasteiger partial charge in [-0.15, -0.1) is 0 Å². The van der Waals surface area contributed by atoms with Crippen LogP contribution < -0.4 is 14.2 Å². The maximum Gasteiger partial charge on any atom is 0.206 e. The zero-order chi connectivity index (χ0) is 27.4. The van der Waals surface area contributed by atoms with E-state index in [1.807, 2.05) is 12.1 Å². The Balaban J connectivity index is 1.29. The molecule has 0 heterocycles. The normalized spacial score (nSPS) is 16.4.